The zero-order valence-corrected chi connectivity index (χ0v) is 7.25. The van der Waals surface area contributed by atoms with Gasteiger partial charge in [-0.1, -0.05) is 0 Å². The summed E-state index contributed by atoms with van der Waals surface area (Å²) in [4.78, 5) is 10.9. The second kappa shape index (κ2) is 4.42. The fraction of sp³-hybridized carbons (Fsp3) is 0.875. The van der Waals surface area contributed by atoms with Gasteiger partial charge in [0.2, 0.25) is 0 Å². The highest BCUT2D eigenvalue weighted by atomic mass is 16.5. The Kier molecular flexibility index (Phi) is 3.49. The Morgan fingerprint density at radius 3 is 3.08 bits per heavy atom. The maximum atomic E-state index is 10.9. The molecule has 1 rings (SSSR count). The number of carbonyl (C=O) groups is 1. The molecule has 0 aliphatic carbocycles. The molecule has 1 aliphatic heterocycles. The van der Waals surface area contributed by atoms with Crippen molar-refractivity contribution in [3.05, 3.63) is 0 Å². The number of hydrogen-bond acceptors (Lipinski definition) is 4. The molecule has 0 aromatic carbocycles. The first-order valence-corrected chi connectivity index (χ1v) is 4.19. The predicted octanol–water partition coefficient (Wildman–Crippen LogP) is -0.480. The van der Waals surface area contributed by atoms with Gasteiger partial charge in [-0.2, -0.15) is 0 Å². The van der Waals surface area contributed by atoms with Gasteiger partial charge in [0.15, 0.2) is 0 Å². The number of aliphatic hydroxyl groups excluding tert-OH is 1. The van der Waals surface area contributed by atoms with E-state index in [9.17, 15) is 9.90 Å². The summed E-state index contributed by atoms with van der Waals surface area (Å²) in [5.41, 5.74) is 0. The molecule has 70 valence electrons. The molecule has 0 spiro atoms. The number of rotatable bonds is 2. The third-order valence-electron chi connectivity index (χ3n) is 2.22. The van der Waals surface area contributed by atoms with Gasteiger partial charge >= 0.3 is 5.97 Å². The van der Waals surface area contributed by atoms with Crippen molar-refractivity contribution in [1.82, 2.24) is 5.32 Å². The average molecular weight is 173 g/mol. The van der Waals surface area contributed by atoms with Crippen molar-refractivity contribution in [2.45, 2.75) is 18.9 Å². The van der Waals surface area contributed by atoms with Crippen LogP contribution in [0.15, 0.2) is 0 Å². The Balaban J connectivity index is 2.33. The zero-order chi connectivity index (χ0) is 8.97. The highest BCUT2D eigenvalue weighted by Gasteiger charge is 2.25. The number of methoxy groups -OCH3 is 1. The number of hydrogen-bond donors (Lipinski definition) is 2. The summed E-state index contributed by atoms with van der Waals surface area (Å²) in [6.45, 7) is 1.54. The van der Waals surface area contributed by atoms with E-state index in [1.165, 1.54) is 7.11 Å². The minimum absolute atomic E-state index is 0.0196. The zero-order valence-electron chi connectivity index (χ0n) is 7.25. The van der Waals surface area contributed by atoms with Crippen molar-refractivity contribution in [2.24, 2.45) is 5.92 Å². The van der Waals surface area contributed by atoms with E-state index >= 15 is 0 Å². The molecule has 2 unspecified atom stereocenters. The van der Waals surface area contributed by atoms with Crippen LogP contribution in [0.5, 0.6) is 0 Å². The lowest BCUT2D eigenvalue weighted by Gasteiger charge is -2.27. The number of ether oxygens (including phenoxy) is 1. The van der Waals surface area contributed by atoms with E-state index in [-0.39, 0.29) is 18.0 Å². The lowest BCUT2D eigenvalue weighted by atomic mass is 9.93. The molecular weight excluding hydrogens is 158 g/mol. The standard InChI is InChI=1S/C8H15NO3/c1-12-8(11)4-6-5-9-3-2-7(6)10/h6-7,9-10H,2-5H2,1H3. The molecule has 1 fully saturated rings. The molecule has 2 N–H and O–H groups in total. The van der Waals surface area contributed by atoms with Gasteiger partial charge in [0, 0.05) is 12.5 Å². The van der Waals surface area contributed by atoms with Crippen molar-refractivity contribution >= 4 is 5.97 Å². The van der Waals surface area contributed by atoms with Crippen molar-refractivity contribution < 1.29 is 14.6 Å². The number of aliphatic hydroxyl groups is 1. The number of piperidine rings is 1. The molecule has 0 saturated carbocycles. The summed E-state index contributed by atoms with van der Waals surface area (Å²) < 4.78 is 4.52. The lowest BCUT2D eigenvalue weighted by Crippen LogP contribution is -2.40. The molecule has 2 atom stereocenters. The van der Waals surface area contributed by atoms with Gasteiger partial charge in [-0.25, -0.2) is 0 Å². The van der Waals surface area contributed by atoms with Crippen LogP contribution in [-0.2, 0) is 9.53 Å². The molecule has 1 heterocycles. The van der Waals surface area contributed by atoms with E-state index in [4.69, 9.17) is 0 Å². The van der Waals surface area contributed by atoms with Crippen LogP contribution in [-0.4, -0.2) is 37.4 Å². The van der Waals surface area contributed by atoms with Crippen molar-refractivity contribution in [3.8, 4) is 0 Å². The molecule has 4 heteroatoms. The topological polar surface area (TPSA) is 58.6 Å². The molecule has 1 saturated heterocycles. The van der Waals surface area contributed by atoms with Crippen LogP contribution in [0.4, 0.5) is 0 Å². The normalized spacial score (nSPS) is 29.8. The first kappa shape index (κ1) is 9.48. The van der Waals surface area contributed by atoms with Crippen molar-refractivity contribution in [1.29, 1.82) is 0 Å². The van der Waals surface area contributed by atoms with E-state index in [2.05, 4.69) is 10.1 Å². The summed E-state index contributed by atoms with van der Waals surface area (Å²) in [5, 5.41) is 12.6. The number of esters is 1. The summed E-state index contributed by atoms with van der Waals surface area (Å²) >= 11 is 0. The Morgan fingerprint density at radius 1 is 1.75 bits per heavy atom. The van der Waals surface area contributed by atoms with Gasteiger partial charge in [0.25, 0.3) is 0 Å². The van der Waals surface area contributed by atoms with Gasteiger partial charge < -0.3 is 15.2 Å². The summed E-state index contributed by atoms with van der Waals surface area (Å²) in [6.07, 6.45) is 0.678. The third-order valence-corrected chi connectivity index (χ3v) is 2.22. The monoisotopic (exact) mass is 173 g/mol. The molecule has 12 heavy (non-hydrogen) atoms. The van der Waals surface area contributed by atoms with Gasteiger partial charge in [0.1, 0.15) is 0 Å². The van der Waals surface area contributed by atoms with Gasteiger partial charge in [0.05, 0.1) is 19.6 Å². The third kappa shape index (κ3) is 2.46. The van der Waals surface area contributed by atoms with E-state index < -0.39 is 0 Å². The van der Waals surface area contributed by atoms with E-state index in [1.54, 1.807) is 0 Å². The van der Waals surface area contributed by atoms with Crippen LogP contribution >= 0.6 is 0 Å². The van der Waals surface area contributed by atoms with Crippen LogP contribution in [0.1, 0.15) is 12.8 Å². The molecule has 0 aromatic rings. The molecule has 0 bridgehead atoms. The Hall–Kier alpha value is -0.610. The number of carbonyl (C=O) groups excluding carboxylic acids is 1. The van der Waals surface area contributed by atoms with Crippen molar-refractivity contribution in [3.63, 3.8) is 0 Å². The fourth-order valence-corrected chi connectivity index (χ4v) is 1.41. The Bertz CT molecular complexity index is 160. The number of nitrogens with one attached hydrogen (secondary N) is 1. The molecular formula is C8H15NO3. The summed E-state index contributed by atoms with van der Waals surface area (Å²) in [7, 11) is 1.37. The smallest absolute Gasteiger partial charge is 0.305 e. The minimum atomic E-state index is -0.356. The van der Waals surface area contributed by atoms with Crippen LogP contribution < -0.4 is 5.32 Å². The molecule has 0 radical (unpaired) electrons. The largest absolute Gasteiger partial charge is 0.469 e. The fourth-order valence-electron chi connectivity index (χ4n) is 1.41. The second-order valence-corrected chi connectivity index (χ2v) is 3.10. The first-order valence-electron chi connectivity index (χ1n) is 4.19. The van der Waals surface area contributed by atoms with Crippen LogP contribution in [0.2, 0.25) is 0 Å². The first-order chi connectivity index (χ1) is 5.74. The van der Waals surface area contributed by atoms with Crippen molar-refractivity contribution in [2.75, 3.05) is 20.2 Å². The van der Waals surface area contributed by atoms with E-state index in [1.807, 2.05) is 0 Å². The maximum Gasteiger partial charge on any atom is 0.305 e. The van der Waals surface area contributed by atoms with Crippen LogP contribution in [0.25, 0.3) is 0 Å². The summed E-state index contributed by atoms with van der Waals surface area (Å²) in [6, 6.07) is 0. The van der Waals surface area contributed by atoms with Crippen LogP contribution in [0, 0.1) is 5.92 Å². The summed E-state index contributed by atoms with van der Waals surface area (Å²) in [5.74, 6) is -0.228. The van der Waals surface area contributed by atoms with E-state index in [0.29, 0.717) is 13.0 Å². The molecule has 1 aliphatic rings. The molecule has 0 aromatic heterocycles. The Labute approximate surface area is 71.9 Å². The predicted molar refractivity (Wildman–Crippen MR) is 43.6 cm³/mol. The maximum absolute atomic E-state index is 10.9. The van der Waals surface area contributed by atoms with Gasteiger partial charge in [-0.05, 0) is 13.0 Å². The Morgan fingerprint density at radius 2 is 2.50 bits per heavy atom. The average Bonchev–Trinajstić information content (AvgIpc) is 2.09. The second-order valence-electron chi connectivity index (χ2n) is 3.10. The van der Waals surface area contributed by atoms with Crippen LogP contribution in [0.3, 0.4) is 0 Å². The molecule has 4 nitrogen and oxygen atoms in total. The highest BCUT2D eigenvalue weighted by Crippen LogP contribution is 2.15. The SMILES string of the molecule is COC(=O)CC1CNCCC1O. The van der Waals surface area contributed by atoms with E-state index in [0.717, 1.165) is 13.0 Å². The lowest BCUT2D eigenvalue weighted by molar-refractivity contribution is -0.143. The molecule has 0 amide bonds. The van der Waals surface area contributed by atoms with Gasteiger partial charge in [-0.15, -0.1) is 0 Å². The highest BCUT2D eigenvalue weighted by molar-refractivity contribution is 5.69. The quantitative estimate of drug-likeness (QED) is 0.554. The van der Waals surface area contributed by atoms with Gasteiger partial charge in [-0.3, -0.25) is 4.79 Å². The minimum Gasteiger partial charge on any atom is -0.469 e.